The average Bonchev–Trinajstić information content (AvgIpc) is 2.68. The predicted molar refractivity (Wildman–Crippen MR) is 109 cm³/mol. The molecule has 1 aliphatic rings. The Labute approximate surface area is 167 Å². The Morgan fingerprint density at radius 3 is 2.36 bits per heavy atom. The molecule has 2 aromatic rings. The number of halogens is 1. The molecular formula is C18H19ClN4O4S. The van der Waals surface area contributed by atoms with Crippen molar-refractivity contribution in [1.29, 1.82) is 0 Å². The number of sulfonamides is 1. The van der Waals surface area contributed by atoms with Crippen LogP contribution in [0.1, 0.15) is 32.1 Å². The second kappa shape index (κ2) is 8.57. The SMILES string of the molecule is O=[N+]([O-])c1cc(S(=O)(=O)Nc2ccc(Cl)cc2)ccc1NN=C1CCCCC1. The summed E-state index contributed by atoms with van der Waals surface area (Å²) in [7, 11) is -4.00. The third-order valence-electron chi connectivity index (χ3n) is 4.34. The molecule has 0 saturated heterocycles. The molecule has 0 heterocycles. The summed E-state index contributed by atoms with van der Waals surface area (Å²) in [6.45, 7) is 0. The fourth-order valence-electron chi connectivity index (χ4n) is 2.87. The molecule has 10 heteroatoms. The lowest BCUT2D eigenvalue weighted by Crippen LogP contribution is -2.13. The molecule has 2 N–H and O–H groups in total. The van der Waals surface area contributed by atoms with Crippen molar-refractivity contribution in [3.8, 4) is 0 Å². The number of anilines is 2. The molecule has 1 saturated carbocycles. The van der Waals surface area contributed by atoms with Gasteiger partial charge in [0.05, 0.1) is 9.82 Å². The molecular weight excluding hydrogens is 404 g/mol. The van der Waals surface area contributed by atoms with Crippen LogP contribution in [0.3, 0.4) is 0 Å². The first-order chi connectivity index (χ1) is 13.3. The van der Waals surface area contributed by atoms with Gasteiger partial charge in [0.25, 0.3) is 15.7 Å². The molecule has 0 spiro atoms. The zero-order valence-corrected chi connectivity index (χ0v) is 16.5. The Hall–Kier alpha value is -2.65. The summed E-state index contributed by atoms with van der Waals surface area (Å²) < 4.78 is 27.5. The molecule has 3 rings (SSSR count). The lowest BCUT2D eigenvalue weighted by atomic mass is 9.99. The normalized spacial score (nSPS) is 14.4. The van der Waals surface area contributed by atoms with Gasteiger partial charge in [0.2, 0.25) is 0 Å². The van der Waals surface area contributed by atoms with E-state index in [-0.39, 0.29) is 16.3 Å². The van der Waals surface area contributed by atoms with Gasteiger partial charge in [0, 0.05) is 22.5 Å². The van der Waals surface area contributed by atoms with E-state index in [1.165, 1.54) is 24.3 Å². The van der Waals surface area contributed by atoms with Crippen LogP contribution >= 0.6 is 11.6 Å². The first-order valence-electron chi connectivity index (χ1n) is 8.73. The lowest BCUT2D eigenvalue weighted by Gasteiger charge is -2.13. The number of hydrogen-bond donors (Lipinski definition) is 2. The van der Waals surface area contributed by atoms with E-state index >= 15 is 0 Å². The van der Waals surface area contributed by atoms with Crippen LogP contribution in [0.4, 0.5) is 17.1 Å². The second-order valence-electron chi connectivity index (χ2n) is 6.40. The number of benzene rings is 2. The average molecular weight is 423 g/mol. The Morgan fingerprint density at radius 2 is 1.71 bits per heavy atom. The number of hydrazone groups is 1. The van der Waals surface area contributed by atoms with Crippen molar-refractivity contribution in [2.24, 2.45) is 5.10 Å². The van der Waals surface area contributed by atoms with Crippen molar-refractivity contribution in [2.45, 2.75) is 37.0 Å². The van der Waals surface area contributed by atoms with Crippen LogP contribution in [0, 0.1) is 10.1 Å². The summed E-state index contributed by atoms with van der Waals surface area (Å²) in [6.07, 6.45) is 4.98. The van der Waals surface area contributed by atoms with Crippen LogP contribution < -0.4 is 10.1 Å². The number of rotatable bonds is 6. The molecule has 0 aromatic heterocycles. The minimum absolute atomic E-state index is 0.147. The van der Waals surface area contributed by atoms with Crippen LogP contribution in [-0.2, 0) is 10.0 Å². The Kier molecular flexibility index (Phi) is 6.15. The molecule has 2 aromatic carbocycles. The molecule has 28 heavy (non-hydrogen) atoms. The molecule has 148 valence electrons. The zero-order chi connectivity index (χ0) is 20.1. The standard InChI is InChI=1S/C18H19ClN4O4S/c19-13-6-8-15(9-7-13)22-28(26,27)16-10-11-17(18(12-16)23(24)25)21-20-14-4-2-1-3-5-14/h6-12,21-22H,1-5H2. The maximum atomic E-state index is 12.6. The Balaban J connectivity index is 1.84. The number of nitro benzene ring substituents is 1. The minimum atomic E-state index is -4.00. The van der Waals surface area contributed by atoms with Crippen molar-refractivity contribution in [1.82, 2.24) is 0 Å². The van der Waals surface area contributed by atoms with Crippen molar-refractivity contribution in [3.63, 3.8) is 0 Å². The van der Waals surface area contributed by atoms with E-state index in [1.54, 1.807) is 12.1 Å². The van der Waals surface area contributed by atoms with Crippen molar-refractivity contribution >= 4 is 44.4 Å². The van der Waals surface area contributed by atoms with Crippen LogP contribution in [0.25, 0.3) is 0 Å². The first-order valence-corrected chi connectivity index (χ1v) is 10.6. The highest BCUT2D eigenvalue weighted by Gasteiger charge is 2.22. The molecule has 0 atom stereocenters. The third kappa shape index (κ3) is 4.99. The van der Waals surface area contributed by atoms with E-state index in [9.17, 15) is 18.5 Å². The topological polar surface area (TPSA) is 114 Å². The quantitative estimate of drug-likeness (QED) is 0.513. The number of nitro groups is 1. The highest BCUT2D eigenvalue weighted by Crippen LogP contribution is 2.29. The van der Waals surface area contributed by atoms with E-state index < -0.39 is 14.9 Å². The fourth-order valence-corrected chi connectivity index (χ4v) is 4.07. The molecule has 1 fully saturated rings. The van der Waals surface area contributed by atoms with Crippen LogP contribution in [-0.4, -0.2) is 19.1 Å². The maximum absolute atomic E-state index is 12.6. The number of hydrogen-bond acceptors (Lipinski definition) is 6. The van der Waals surface area contributed by atoms with Crippen molar-refractivity contribution < 1.29 is 13.3 Å². The monoisotopic (exact) mass is 422 g/mol. The minimum Gasteiger partial charge on any atom is -0.280 e. The van der Waals surface area contributed by atoms with Gasteiger partial charge in [-0.1, -0.05) is 18.0 Å². The third-order valence-corrected chi connectivity index (χ3v) is 5.97. The van der Waals surface area contributed by atoms with Crippen molar-refractivity contribution in [3.05, 3.63) is 57.6 Å². The fraction of sp³-hybridized carbons (Fsp3) is 0.278. The van der Waals surface area contributed by atoms with Crippen LogP contribution in [0.15, 0.2) is 52.5 Å². The van der Waals surface area contributed by atoms with Gasteiger partial charge >= 0.3 is 0 Å². The zero-order valence-electron chi connectivity index (χ0n) is 14.9. The lowest BCUT2D eigenvalue weighted by molar-refractivity contribution is -0.384. The number of nitrogens with one attached hydrogen (secondary N) is 2. The van der Waals surface area contributed by atoms with Crippen LogP contribution in [0.5, 0.6) is 0 Å². The van der Waals surface area contributed by atoms with Gasteiger partial charge in [0.1, 0.15) is 5.69 Å². The molecule has 0 bridgehead atoms. The molecule has 0 amide bonds. The summed E-state index contributed by atoms with van der Waals surface area (Å²) >= 11 is 5.79. The van der Waals surface area contributed by atoms with Gasteiger partial charge in [-0.05, 0) is 62.1 Å². The van der Waals surface area contributed by atoms with Crippen LogP contribution in [0.2, 0.25) is 5.02 Å². The van der Waals surface area contributed by atoms with Gasteiger partial charge in [-0.2, -0.15) is 5.10 Å². The largest absolute Gasteiger partial charge is 0.295 e. The van der Waals surface area contributed by atoms with Gasteiger partial charge in [-0.15, -0.1) is 0 Å². The molecule has 0 aliphatic heterocycles. The summed E-state index contributed by atoms with van der Waals surface area (Å²) in [5.74, 6) is 0. The van der Waals surface area contributed by atoms with Gasteiger partial charge in [-0.3, -0.25) is 20.3 Å². The van der Waals surface area contributed by atoms with Crippen molar-refractivity contribution in [2.75, 3.05) is 10.1 Å². The van der Waals surface area contributed by atoms with E-state index in [1.807, 2.05) is 0 Å². The highest BCUT2D eigenvalue weighted by atomic mass is 35.5. The van der Waals surface area contributed by atoms with Gasteiger partial charge < -0.3 is 0 Å². The smallest absolute Gasteiger partial charge is 0.280 e. The molecule has 8 nitrogen and oxygen atoms in total. The van der Waals surface area contributed by atoms with E-state index in [0.29, 0.717) is 10.7 Å². The molecule has 1 aliphatic carbocycles. The summed E-state index contributed by atoms with van der Waals surface area (Å²) in [5, 5.41) is 16.2. The molecule has 0 radical (unpaired) electrons. The summed E-state index contributed by atoms with van der Waals surface area (Å²) in [5.41, 5.74) is 3.76. The number of nitrogens with zero attached hydrogens (tertiary/aromatic N) is 2. The van der Waals surface area contributed by atoms with Gasteiger partial charge in [0.15, 0.2) is 0 Å². The predicted octanol–water partition coefficient (Wildman–Crippen LogP) is 4.78. The maximum Gasteiger partial charge on any atom is 0.295 e. The Morgan fingerprint density at radius 1 is 1.04 bits per heavy atom. The highest BCUT2D eigenvalue weighted by molar-refractivity contribution is 7.92. The van der Waals surface area contributed by atoms with E-state index in [2.05, 4.69) is 15.2 Å². The first kappa shape index (κ1) is 20.1. The summed E-state index contributed by atoms with van der Waals surface area (Å²) in [4.78, 5) is 10.6. The van der Waals surface area contributed by atoms with E-state index in [4.69, 9.17) is 11.6 Å². The second-order valence-corrected chi connectivity index (χ2v) is 8.52. The van der Waals surface area contributed by atoms with E-state index in [0.717, 1.165) is 43.9 Å². The Bertz CT molecular complexity index is 999. The molecule has 0 unspecified atom stereocenters. The van der Waals surface area contributed by atoms with Gasteiger partial charge in [-0.25, -0.2) is 8.42 Å². The summed E-state index contributed by atoms with van der Waals surface area (Å²) in [6, 6.07) is 9.76.